The van der Waals surface area contributed by atoms with Crippen LogP contribution in [-0.2, 0) is 14.8 Å². The zero-order chi connectivity index (χ0) is 21.4. The van der Waals surface area contributed by atoms with Gasteiger partial charge in [0.1, 0.15) is 0 Å². The largest absolute Gasteiger partial charge is 0.345 e. The highest BCUT2D eigenvalue weighted by atomic mass is 35.5. The minimum Gasteiger partial charge on any atom is -0.345 e. The van der Waals surface area contributed by atoms with E-state index in [0.717, 1.165) is 0 Å². The van der Waals surface area contributed by atoms with Crippen LogP contribution in [0.15, 0.2) is 29.2 Å². The van der Waals surface area contributed by atoms with Gasteiger partial charge in [0.15, 0.2) is 0 Å². The normalized spacial score (nSPS) is 23.7. The second-order valence-electron chi connectivity index (χ2n) is 8.24. The Hall–Kier alpha value is -1.84. The van der Waals surface area contributed by atoms with E-state index in [-0.39, 0.29) is 48.9 Å². The number of nitrogens with zero attached hydrogens (tertiary/aromatic N) is 3. The van der Waals surface area contributed by atoms with Crippen molar-refractivity contribution in [2.24, 2.45) is 5.41 Å². The molecular weight excluding hydrogens is 416 g/mol. The fraction of sp³-hybridized carbons (Fsp3) is 0.579. The van der Waals surface area contributed by atoms with E-state index in [1.807, 2.05) is 13.8 Å². The molecule has 29 heavy (non-hydrogen) atoms. The minimum atomic E-state index is -3.79. The van der Waals surface area contributed by atoms with Crippen molar-refractivity contribution in [3.8, 4) is 0 Å². The van der Waals surface area contributed by atoms with Gasteiger partial charge in [-0.15, -0.1) is 0 Å². The van der Waals surface area contributed by atoms with Crippen LogP contribution in [0.4, 0.5) is 4.79 Å². The lowest BCUT2D eigenvalue weighted by Crippen LogP contribution is -2.49. The van der Waals surface area contributed by atoms with Crippen LogP contribution < -0.4 is 5.32 Å². The molecule has 160 valence electrons. The highest BCUT2D eigenvalue weighted by Gasteiger charge is 2.48. The molecule has 0 saturated carbocycles. The molecule has 0 bridgehead atoms. The summed E-state index contributed by atoms with van der Waals surface area (Å²) in [6.45, 7) is 5.07. The lowest BCUT2D eigenvalue weighted by molar-refractivity contribution is -0.126. The molecule has 1 atom stereocenters. The molecular formula is C19H27ClN4O4S. The predicted molar refractivity (Wildman–Crippen MR) is 110 cm³/mol. The average Bonchev–Trinajstić information content (AvgIpc) is 2.79. The Morgan fingerprint density at radius 3 is 2.34 bits per heavy atom. The van der Waals surface area contributed by atoms with Crippen LogP contribution in [0.2, 0.25) is 5.02 Å². The maximum Gasteiger partial charge on any atom is 0.317 e. The summed E-state index contributed by atoms with van der Waals surface area (Å²) in [4.78, 5) is 28.3. The first-order valence-electron chi connectivity index (χ1n) is 9.58. The lowest BCUT2D eigenvalue weighted by Gasteiger charge is -2.33. The molecule has 2 heterocycles. The molecule has 2 fully saturated rings. The fourth-order valence-electron chi connectivity index (χ4n) is 4.01. The quantitative estimate of drug-likeness (QED) is 0.770. The van der Waals surface area contributed by atoms with Gasteiger partial charge >= 0.3 is 6.03 Å². The summed E-state index contributed by atoms with van der Waals surface area (Å²) in [5, 5.41) is 3.32. The number of urea groups is 1. The van der Waals surface area contributed by atoms with Crippen LogP contribution >= 0.6 is 11.6 Å². The Morgan fingerprint density at radius 1 is 1.14 bits per heavy atom. The number of halogens is 1. The summed E-state index contributed by atoms with van der Waals surface area (Å²) in [6, 6.07) is 5.75. The Labute approximate surface area is 176 Å². The molecule has 0 aromatic heterocycles. The van der Waals surface area contributed by atoms with Crippen LogP contribution in [0.3, 0.4) is 0 Å². The van der Waals surface area contributed by atoms with Gasteiger partial charge in [0.05, 0.1) is 4.90 Å². The average molecular weight is 443 g/mol. The first-order valence-corrected chi connectivity index (χ1v) is 11.4. The van der Waals surface area contributed by atoms with E-state index in [4.69, 9.17) is 11.6 Å². The van der Waals surface area contributed by atoms with Gasteiger partial charge < -0.3 is 15.1 Å². The third-order valence-electron chi connectivity index (χ3n) is 5.33. The van der Waals surface area contributed by atoms with Gasteiger partial charge in [-0.2, -0.15) is 4.31 Å². The van der Waals surface area contributed by atoms with Crippen molar-refractivity contribution < 1.29 is 18.0 Å². The highest BCUT2D eigenvalue weighted by molar-refractivity contribution is 7.89. The van der Waals surface area contributed by atoms with Crippen molar-refractivity contribution >= 4 is 33.6 Å². The van der Waals surface area contributed by atoms with Crippen molar-refractivity contribution in [1.29, 1.82) is 0 Å². The molecule has 2 aliphatic heterocycles. The van der Waals surface area contributed by atoms with E-state index in [1.165, 1.54) is 28.6 Å². The molecule has 0 aliphatic carbocycles. The molecule has 10 heteroatoms. The highest BCUT2D eigenvalue weighted by Crippen LogP contribution is 2.36. The first kappa shape index (κ1) is 21.9. The fourth-order valence-corrected chi connectivity index (χ4v) is 5.68. The van der Waals surface area contributed by atoms with Crippen LogP contribution in [0.1, 0.15) is 20.3 Å². The number of nitrogens with one attached hydrogen (secondary N) is 1. The summed E-state index contributed by atoms with van der Waals surface area (Å²) in [5.41, 5.74) is -0.643. The SMILES string of the molecule is CC(C)NC(=O)N1CCN(S(=O)(=O)c2ccc(Cl)cc2)CC2(CC(=O)N(C)C2)C1. The standard InChI is InChI=1S/C19H27ClN4O4S/c1-14(2)21-18(26)23-8-9-24(13-19(12-23)10-17(25)22(3)11-19)29(27,28)16-6-4-15(20)5-7-16/h4-7,14H,8-13H2,1-3H3,(H,21,26). The molecule has 2 saturated heterocycles. The Bertz CT molecular complexity index is 890. The molecule has 1 N–H and O–H groups in total. The van der Waals surface area contributed by atoms with Gasteiger partial charge in [-0.25, -0.2) is 13.2 Å². The summed E-state index contributed by atoms with van der Waals surface area (Å²) in [6.07, 6.45) is 0.210. The molecule has 3 rings (SSSR count). The van der Waals surface area contributed by atoms with Crippen LogP contribution in [-0.4, -0.2) is 80.3 Å². The third kappa shape index (κ3) is 4.67. The molecule has 1 aromatic carbocycles. The summed E-state index contributed by atoms with van der Waals surface area (Å²) >= 11 is 5.90. The number of amides is 3. The van der Waals surface area contributed by atoms with Crippen molar-refractivity contribution in [2.75, 3.05) is 39.8 Å². The summed E-state index contributed by atoms with van der Waals surface area (Å²) < 4.78 is 27.9. The van der Waals surface area contributed by atoms with Crippen LogP contribution in [0, 0.1) is 5.41 Å². The van der Waals surface area contributed by atoms with Crippen LogP contribution in [0.25, 0.3) is 0 Å². The van der Waals surface area contributed by atoms with E-state index >= 15 is 0 Å². The van der Waals surface area contributed by atoms with E-state index in [1.54, 1.807) is 16.8 Å². The Morgan fingerprint density at radius 2 is 1.79 bits per heavy atom. The number of carbonyl (C=O) groups excluding carboxylic acids is 2. The Kier molecular flexibility index (Phi) is 6.12. The number of benzene rings is 1. The monoisotopic (exact) mass is 442 g/mol. The molecule has 3 amide bonds. The Balaban J connectivity index is 1.93. The maximum atomic E-state index is 13.3. The van der Waals surface area contributed by atoms with Gasteiger partial charge in [-0.05, 0) is 38.1 Å². The zero-order valence-electron chi connectivity index (χ0n) is 16.9. The van der Waals surface area contributed by atoms with E-state index < -0.39 is 15.4 Å². The molecule has 0 radical (unpaired) electrons. The molecule has 1 unspecified atom stereocenters. The first-order chi connectivity index (χ1) is 13.5. The maximum absolute atomic E-state index is 13.3. The second kappa shape index (κ2) is 8.12. The zero-order valence-corrected chi connectivity index (χ0v) is 18.5. The number of hydrogen-bond acceptors (Lipinski definition) is 4. The van der Waals surface area contributed by atoms with E-state index in [0.29, 0.717) is 18.1 Å². The number of carbonyl (C=O) groups is 2. The number of hydrogen-bond donors (Lipinski definition) is 1. The van der Waals surface area contributed by atoms with Crippen molar-refractivity contribution in [3.05, 3.63) is 29.3 Å². The third-order valence-corrected chi connectivity index (χ3v) is 7.44. The smallest absolute Gasteiger partial charge is 0.317 e. The van der Waals surface area contributed by atoms with E-state index in [2.05, 4.69) is 5.32 Å². The molecule has 1 spiro atoms. The number of sulfonamides is 1. The van der Waals surface area contributed by atoms with Crippen molar-refractivity contribution in [3.63, 3.8) is 0 Å². The summed E-state index contributed by atoms with van der Waals surface area (Å²) in [5.74, 6) is -0.0417. The topological polar surface area (TPSA) is 90.0 Å². The van der Waals surface area contributed by atoms with Crippen molar-refractivity contribution in [2.45, 2.75) is 31.2 Å². The molecule has 1 aromatic rings. The summed E-state index contributed by atoms with van der Waals surface area (Å²) in [7, 11) is -2.08. The molecule has 2 aliphatic rings. The number of rotatable bonds is 3. The minimum absolute atomic E-state index is 0.0384. The van der Waals surface area contributed by atoms with Crippen LogP contribution in [0.5, 0.6) is 0 Å². The van der Waals surface area contributed by atoms with Crippen molar-refractivity contribution in [1.82, 2.24) is 19.4 Å². The van der Waals surface area contributed by atoms with E-state index in [9.17, 15) is 18.0 Å². The predicted octanol–water partition coefficient (Wildman–Crippen LogP) is 1.61. The van der Waals surface area contributed by atoms with Gasteiger partial charge in [-0.3, -0.25) is 4.79 Å². The number of likely N-dealkylation sites (tertiary alicyclic amines) is 1. The molecule has 8 nitrogen and oxygen atoms in total. The lowest BCUT2D eigenvalue weighted by atomic mass is 9.86. The van der Waals surface area contributed by atoms with Gasteiger partial charge in [0, 0.05) is 62.7 Å². The van der Waals surface area contributed by atoms with Gasteiger partial charge in [0.2, 0.25) is 15.9 Å². The second-order valence-corrected chi connectivity index (χ2v) is 10.6. The van der Waals surface area contributed by atoms with Gasteiger partial charge in [-0.1, -0.05) is 11.6 Å². The van der Waals surface area contributed by atoms with Gasteiger partial charge in [0.25, 0.3) is 0 Å².